The SMILES string of the molecule is O=C(O)N1CCSC(c2ncc3c(Cl)nccn23)C1. The van der Waals surface area contributed by atoms with Gasteiger partial charge in [0.25, 0.3) is 0 Å². The van der Waals surface area contributed by atoms with Crippen LogP contribution in [0.5, 0.6) is 0 Å². The molecular formula is C11H11ClN4O2S. The van der Waals surface area contributed by atoms with Gasteiger partial charge in [0.1, 0.15) is 11.3 Å². The summed E-state index contributed by atoms with van der Waals surface area (Å²) in [5.41, 5.74) is 0.743. The Morgan fingerprint density at radius 3 is 3.16 bits per heavy atom. The van der Waals surface area contributed by atoms with Gasteiger partial charge in [-0.05, 0) is 0 Å². The predicted molar refractivity (Wildman–Crippen MR) is 72.8 cm³/mol. The molecule has 1 saturated heterocycles. The van der Waals surface area contributed by atoms with Gasteiger partial charge in [0.05, 0.1) is 11.4 Å². The molecular weight excluding hydrogens is 288 g/mol. The molecule has 3 heterocycles. The first-order valence-corrected chi connectivity index (χ1v) is 7.16. The summed E-state index contributed by atoms with van der Waals surface area (Å²) < 4.78 is 1.87. The molecule has 0 aromatic carbocycles. The minimum Gasteiger partial charge on any atom is -0.465 e. The Kier molecular flexibility index (Phi) is 3.24. The van der Waals surface area contributed by atoms with E-state index in [0.29, 0.717) is 18.2 Å². The Hall–Kier alpha value is -1.47. The number of carbonyl (C=O) groups is 1. The van der Waals surface area contributed by atoms with Crippen molar-refractivity contribution >= 4 is 35.0 Å². The number of amides is 1. The third-order valence-electron chi connectivity index (χ3n) is 3.07. The van der Waals surface area contributed by atoms with E-state index in [1.807, 2.05) is 4.40 Å². The summed E-state index contributed by atoms with van der Waals surface area (Å²) >= 11 is 7.72. The third kappa shape index (κ3) is 2.23. The molecule has 2 aromatic heterocycles. The molecule has 1 aliphatic heterocycles. The van der Waals surface area contributed by atoms with E-state index in [9.17, 15) is 4.79 Å². The fraction of sp³-hybridized carbons (Fsp3) is 0.364. The number of aromatic nitrogens is 3. The minimum absolute atomic E-state index is 0.0193. The van der Waals surface area contributed by atoms with Crippen molar-refractivity contribution in [2.24, 2.45) is 0 Å². The van der Waals surface area contributed by atoms with E-state index in [-0.39, 0.29) is 5.25 Å². The van der Waals surface area contributed by atoms with Crippen LogP contribution in [0.2, 0.25) is 5.15 Å². The summed E-state index contributed by atoms with van der Waals surface area (Å²) in [6.07, 6.45) is 4.20. The average Bonchev–Trinajstić information content (AvgIpc) is 2.84. The molecule has 0 radical (unpaired) electrons. The average molecular weight is 299 g/mol. The van der Waals surface area contributed by atoms with Crippen molar-refractivity contribution < 1.29 is 9.90 Å². The fourth-order valence-corrected chi connectivity index (χ4v) is 3.55. The number of fused-ring (bicyclic) bond motifs is 1. The van der Waals surface area contributed by atoms with Crippen molar-refractivity contribution in [1.82, 2.24) is 19.3 Å². The molecule has 1 aliphatic rings. The van der Waals surface area contributed by atoms with Gasteiger partial charge in [0, 0.05) is 31.2 Å². The van der Waals surface area contributed by atoms with E-state index in [1.165, 1.54) is 4.90 Å². The van der Waals surface area contributed by atoms with Gasteiger partial charge in [-0.25, -0.2) is 14.8 Å². The number of hydrogen-bond donors (Lipinski definition) is 1. The van der Waals surface area contributed by atoms with Crippen LogP contribution in [0.15, 0.2) is 18.6 Å². The van der Waals surface area contributed by atoms with Crippen molar-refractivity contribution in [3.63, 3.8) is 0 Å². The van der Waals surface area contributed by atoms with Gasteiger partial charge in [-0.3, -0.25) is 4.40 Å². The lowest BCUT2D eigenvalue weighted by molar-refractivity contribution is 0.146. The molecule has 19 heavy (non-hydrogen) atoms. The summed E-state index contributed by atoms with van der Waals surface area (Å²) in [5, 5.41) is 9.49. The quantitative estimate of drug-likeness (QED) is 0.873. The zero-order chi connectivity index (χ0) is 13.4. The predicted octanol–water partition coefficient (Wildman–Crippen LogP) is 2.15. The first-order valence-electron chi connectivity index (χ1n) is 5.74. The summed E-state index contributed by atoms with van der Waals surface area (Å²) in [5.74, 6) is 1.58. The Bertz CT molecular complexity index is 632. The highest BCUT2D eigenvalue weighted by Gasteiger charge is 2.27. The van der Waals surface area contributed by atoms with Gasteiger partial charge in [0.2, 0.25) is 0 Å². The maximum Gasteiger partial charge on any atom is 0.407 e. The van der Waals surface area contributed by atoms with Gasteiger partial charge in [0.15, 0.2) is 5.15 Å². The van der Waals surface area contributed by atoms with Crippen molar-refractivity contribution in [3.05, 3.63) is 29.6 Å². The highest BCUT2D eigenvalue weighted by molar-refractivity contribution is 7.99. The molecule has 0 aliphatic carbocycles. The molecule has 1 N–H and O–H groups in total. The lowest BCUT2D eigenvalue weighted by atomic mass is 10.3. The van der Waals surface area contributed by atoms with E-state index >= 15 is 0 Å². The number of thioether (sulfide) groups is 1. The third-order valence-corrected chi connectivity index (χ3v) is 4.54. The highest BCUT2D eigenvalue weighted by Crippen LogP contribution is 2.33. The van der Waals surface area contributed by atoms with E-state index < -0.39 is 6.09 Å². The molecule has 2 aromatic rings. The summed E-state index contributed by atoms with van der Waals surface area (Å²) in [6.45, 7) is 1.00. The Labute approximate surface area is 118 Å². The number of halogens is 1. The topological polar surface area (TPSA) is 70.7 Å². The van der Waals surface area contributed by atoms with Crippen LogP contribution in [0.3, 0.4) is 0 Å². The van der Waals surface area contributed by atoms with Crippen LogP contribution in [-0.2, 0) is 0 Å². The molecule has 1 fully saturated rings. The molecule has 0 bridgehead atoms. The van der Waals surface area contributed by atoms with Gasteiger partial charge in [-0.1, -0.05) is 11.6 Å². The molecule has 1 atom stereocenters. The van der Waals surface area contributed by atoms with E-state index in [2.05, 4.69) is 9.97 Å². The normalized spacial score (nSPS) is 19.8. The maximum absolute atomic E-state index is 11.0. The second-order valence-electron chi connectivity index (χ2n) is 4.18. The highest BCUT2D eigenvalue weighted by atomic mass is 35.5. The number of rotatable bonds is 1. The standard InChI is InChI=1S/C11H11ClN4O2S/c12-9-7-5-14-10(16(7)2-1-13-9)8-6-15(11(17)18)3-4-19-8/h1-2,5,8H,3-4,6H2,(H,17,18). The van der Waals surface area contributed by atoms with Crippen LogP contribution in [0, 0.1) is 0 Å². The Balaban J connectivity index is 1.96. The van der Waals surface area contributed by atoms with Crippen LogP contribution < -0.4 is 0 Å². The maximum atomic E-state index is 11.0. The monoisotopic (exact) mass is 298 g/mol. The largest absolute Gasteiger partial charge is 0.465 e. The van der Waals surface area contributed by atoms with E-state index in [0.717, 1.165) is 17.1 Å². The van der Waals surface area contributed by atoms with Crippen LogP contribution >= 0.6 is 23.4 Å². The lowest BCUT2D eigenvalue weighted by Crippen LogP contribution is -2.38. The van der Waals surface area contributed by atoms with Gasteiger partial charge < -0.3 is 10.0 Å². The van der Waals surface area contributed by atoms with Crippen LogP contribution in [0.25, 0.3) is 5.52 Å². The first-order chi connectivity index (χ1) is 9.16. The van der Waals surface area contributed by atoms with Gasteiger partial charge >= 0.3 is 6.09 Å². The minimum atomic E-state index is -0.883. The molecule has 1 amide bonds. The second kappa shape index (κ2) is 4.90. The van der Waals surface area contributed by atoms with E-state index in [1.54, 1.807) is 30.4 Å². The summed E-state index contributed by atoms with van der Waals surface area (Å²) in [6, 6.07) is 0. The van der Waals surface area contributed by atoms with Crippen LogP contribution in [0.1, 0.15) is 11.1 Å². The zero-order valence-electron chi connectivity index (χ0n) is 9.86. The Morgan fingerprint density at radius 2 is 2.37 bits per heavy atom. The fourth-order valence-electron chi connectivity index (χ4n) is 2.13. The molecule has 3 rings (SSSR count). The van der Waals surface area contributed by atoms with Crippen molar-refractivity contribution in [2.75, 3.05) is 18.8 Å². The van der Waals surface area contributed by atoms with Gasteiger partial charge in [-0.15, -0.1) is 11.8 Å². The lowest BCUT2D eigenvalue weighted by Gasteiger charge is -2.29. The molecule has 100 valence electrons. The van der Waals surface area contributed by atoms with Crippen molar-refractivity contribution in [2.45, 2.75) is 5.25 Å². The molecule has 0 saturated carbocycles. The molecule has 0 spiro atoms. The number of hydrogen-bond acceptors (Lipinski definition) is 4. The van der Waals surface area contributed by atoms with E-state index in [4.69, 9.17) is 16.7 Å². The van der Waals surface area contributed by atoms with Crippen molar-refractivity contribution in [1.29, 1.82) is 0 Å². The smallest absolute Gasteiger partial charge is 0.407 e. The molecule has 8 heteroatoms. The van der Waals surface area contributed by atoms with Gasteiger partial charge in [-0.2, -0.15) is 0 Å². The number of nitrogens with zero attached hydrogens (tertiary/aromatic N) is 4. The summed E-state index contributed by atoms with van der Waals surface area (Å²) in [7, 11) is 0. The summed E-state index contributed by atoms with van der Waals surface area (Å²) in [4.78, 5) is 20.8. The molecule has 1 unspecified atom stereocenters. The second-order valence-corrected chi connectivity index (χ2v) is 5.85. The number of carboxylic acid groups (broad SMARTS) is 1. The van der Waals surface area contributed by atoms with Crippen molar-refractivity contribution in [3.8, 4) is 0 Å². The number of imidazole rings is 1. The van der Waals surface area contributed by atoms with Crippen LogP contribution in [0.4, 0.5) is 4.79 Å². The Morgan fingerprint density at radius 1 is 1.53 bits per heavy atom. The first kappa shape index (κ1) is 12.6. The van der Waals surface area contributed by atoms with Crippen LogP contribution in [-0.4, -0.2) is 49.3 Å². The zero-order valence-corrected chi connectivity index (χ0v) is 11.4. The molecule has 6 nitrogen and oxygen atoms in total.